The van der Waals surface area contributed by atoms with Crippen molar-refractivity contribution < 1.29 is 13.2 Å². The highest BCUT2D eigenvalue weighted by Gasteiger charge is 2.01. The quantitative estimate of drug-likeness (QED) is 0.488. The highest BCUT2D eigenvalue weighted by molar-refractivity contribution is 7.59. The first-order valence-corrected chi connectivity index (χ1v) is 7.21. The lowest BCUT2D eigenvalue weighted by molar-refractivity contribution is 0.00819. The van der Waals surface area contributed by atoms with Gasteiger partial charge in [0.05, 0.1) is 0 Å². The van der Waals surface area contributed by atoms with E-state index >= 15 is 0 Å². The van der Waals surface area contributed by atoms with Gasteiger partial charge in [0, 0.05) is 0 Å². The molecule has 0 aromatic heterocycles. The molecule has 0 amide bonds. The van der Waals surface area contributed by atoms with E-state index in [9.17, 15) is 13.2 Å². The number of hydrogen-bond donors (Lipinski definition) is 0. The van der Waals surface area contributed by atoms with Crippen molar-refractivity contribution in [1.29, 1.82) is 0 Å². The summed E-state index contributed by atoms with van der Waals surface area (Å²) in [5.41, 5.74) is 6.42. The first-order chi connectivity index (χ1) is 11.1. The van der Waals surface area contributed by atoms with Gasteiger partial charge in [0.15, 0.2) is 0 Å². The van der Waals surface area contributed by atoms with Crippen LogP contribution in [0.15, 0.2) is 78.9 Å². The van der Waals surface area contributed by atoms with Crippen LogP contribution in [0.1, 0.15) is 5.56 Å². The smallest absolute Gasteiger partial charge is 0.197 e. The Morgan fingerprint density at radius 1 is 0.583 bits per heavy atom. The molecule has 0 saturated carbocycles. The normalized spacial score (nSPS) is 9.71. The van der Waals surface area contributed by atoms with Crippen LogP contribution in [0.4, 0.5) is 13.2 Å². The minimum atomic E-state index is -3.67. The number of alkyl halides is 3. The van der Waals surface area contributed by atoms with Gasteiger partial charge in [-0.15, -0.1) is 0 Å². The molecule has 0 unspecified atom stereocenters. The predicted octanol–water partition coefficient (Wildman–Crippen LogP) is 6.62. The summed E-state index contributed by atoms with van der Waals surface area (Å²) >= 11 is 0. The molecule has 3 aromatic rings. The Kier molecular flexibility index (Phi) is 8.13. The molecule has 0 fully saturated rings. The monoisotopic (exact) mass is 348 g/mol. The number of hydrogen-bond acceptors (Lipinski definition) is 0. The van der Waals surface area contributed by atoms with E-state index in [1.54, 1.807) is 0 Å². The summed E-state index contributed by atoms with van der Waals surface area (Å²) in [7, 11) is 0. The van der Waals surface area contributed by atoms with Crippen molar-refractivity contribution in [3.8, 4) is 22.3 Å². The molecule has 0 N–H and O–H groups in total. The molecule has 0 nitrogen and oxygen atoms in total. The van der Waals surface area contributed by atoms with Crippen molar-refractivity contribution >= 4 is 13.5 Å². The summed E-state index contributed by atoms with van der Waals surface area (Å²) < 4.78 is 29.0. The number of rotatable bonds is 2. The summed E-state index contributed by atoms with van der Waals surface area (Å²) in [5, 5.41) is 0. The van der Waals surface area contributed by atoms with E-state index in [0.717, 1.165) is 0 Å². The van der Waals surface area contributed by atoms with Gasteiger partial charge in [-0.3, -0.25) is 0 Å². The van der Waals surface area contributed by atoms with Crippen LogP contribution in [0.2, 0.25) is 0 Å². The van der Waals surface area contributed by atoms with E-state index < -0.39 is 6.68 Å². The molecule has 0 aliphatic carbocycles. The molecule has 24 heavy (non-hydrogen) atoms. The Bertz CT molecular complexity index is 723. The molecule has 0 aliphatic rings. The minimum absolute atomic E-state index is 0. The van der Waals surface area contributed by atoms with E-state index in [1.807, 2.05) is 6.07 Å². The van der Waals surface area contributed by atoms with Gasteiger partial charge in [0.1, 0.15) is 0 Å². The van der Waals surface area contributed by atoms with E-state index in [-0.39, 0.29) is 13.5 Å². The van der Waals surface area contributed by atoms with E-state index in [1.165, 1.54) is 27.8 Å². The molecular formula is C20H19F3S. The number of benzene rings is 3. The van der Waals surface area contributed by atoms with Crippen molar-refractivity contribution in [3.05, 3.63) is 84.4 Å². The highest BCUT2D eigenvalue weighted by atomic mass is 32.1. The highest BCUT2D eigenvalue weighted by Crippen LogP contribution is 2.26. The second-order valence-electron chi connectivity index (χ2n) is 5.01. The Morgan fingerprint density at radius 3 is 1.54 bits per heavy atom. The minimum Gasteiger partial charge on any atom is -0.197 e. The maximum atomic E-state index is 9.67. The SMILES string of the molecule is Cc1ccccc1-c1ccc(-c2ccccc2)cc1.FC(F)F.S. The third-order valence-electron chi connectivity index (χ3n) is 3.45. The Morgan fingerprint density at radius 2 is 1.00 bits per heavy atom. The summed E-state index contributed by atoms with van der Waals surface area (Å²) in [6.45, 7) is -1.51. The third kappa shape index (κ3) is 5.78. The van der Waals surface area contributed by atoms with Crippen molar-refractivity contribution in [2.45, 2.75) is 13.6 Å². The van der Waals surface area contributed by atoms with Gasteiger partial charge >= 0.3 is 6.68 Å². The van der Waals surface area contributed by atoms with E-state index in [2.05, 4.69) is 79.7 Å². The predicted molar refractivity (Wildman–Crippen MR) is 99.5 cm³/mol. The third-order valence-corrected chi connectivity index (χ3v) is 3.45. The average Bonchev–Trinajstić information content (AvgIpc) is 2.56. The summed E-state index contributed by atoms with van der Waals surface area (Å²) in [6, 6.07) is 27.8. The van der Waals surface area contributed by atoms with Gasteiger partial charge in [0.25, 0.3) is 0 Å². The Balaban J connectivity index is 0.000000522. The van der Waals surface area contributed by atoms with Crippen molar-refractivity contribution in [1.82, 2.24) is 0 Å². The van der Waals surface area contributed by atoms with Crippen LogP contribution < -0.4 is 0 Å². The molecule has 0 radical (unpaired) electrons. The van der Waals surface area contributed by atoms with Gasteiger partial charge in [-0.25, -0.2) is 0 Å². The van der Waals surface area contributed by atoms with Crippen molar-refractivity contribution in [2.24, 2.45) is 0 Å². The van der Waals surface area contributed by atoms with Crippen LogP contribution in [0, 0.1) is 6.92 Å². The molecule has 3 aromatic carbocycles. The molecule has 0 spiro atoms. The second kappa shape index (κ2) is 9.83. The van der Waals surface area contributed by atoms with Gasteiger partial charge in [-0.1, -0.05) is 78.9 Å². The van der Waals surface area contributed by atoms with E-state index in [4.69, 9.17) is 0 Å². The van der Waals surface area contributed by atoms with Gasteiger partial charge in [-0.05, 0) is 34.7 Å². The van der Waals surface area contributed by atoms with Crippen LogP contribution in [0.5, 0.6) is 0 Å². The van der Waals surface area contributed by atoms with Crippen LogP contribution in [0.3, 0.4) is 0 Å². The van der Waals surface area contributed by atoms with Crippen LogP contribution >= 0.6 is 13.5 Å². The molecule has 0 heterocycles. The molecule has 4 heteroatoms. The van der Waals surface area contributed by atoms with E-state index in [0.29, 0.717) is 0 Å². The lowest BCUT2D eigenvalue weighted by Crippen LogP contribution is -1.83. The van der Waals surface area contributed by atoms with Crippen LogP contribution in [0.25, 0.3) is 22.3 Å². The fraction of sp³-hybridized carbons (Fsp3) is 0.100. The van der Waals surface area contributed by atoms with Crippen molar-refractivity contribution in [2.75, 3.05) is 0 Å². The largest absolute Gasteiger partial charge is 0.379 e. The maximum absolute atomic E-state index is 9.67. The lowest BCUT2D eigenvalue weighted by atomic mass is 9.98. The summed E-state index contributed by atoms with van der Waals surface area (Å²) in [6.07, 6.45) is 0. The molecule has 0 bridgehead atoms. The Labute approximate surface area is 147 Å². The van der Waals surface area contributed by atoms with Crippen LogP contribution in [-0.4, -0.2) is 6.68 Å². The first-order valence-electron chi connectivity index (χ1n) is 7.21. The lowest BCUT2D eigenvalue weighted by Gasteiger charge is -2.07. The molecule has 0 atom stereocenters. The summed E-state index contributed by atoms with van der Waals surface area (Å²) in [4.78, 5) is 0. The van der Waals surface area contributed by atoms with Gasteiger partial charge < -0.3 is 0 Å². The topological polar surface area (TPSA) is 0 Å². The van der Waals surface area contributed by atoms with Crippen molar-refractivity contribution in [3.63, 3.8) is 0 Å². The fourth-order valence-corrected chi connectivity index (χ4v) is 2.37. The zero-order valence-electron chi connectivity index (χ0n) is 13.2. The molecule has 0 saturated heterocycles. The number of aryl methyl sites for hydroxylation is 1. The second-order valence-corrected chi connectivity index (χ2v) is 5.01. The molecule has 126 valence electrons. The van der Waals surface area contributed by atoms with Gasteiger partial charge in [0.2, 0.25) is 0 Å². The number of halogens is 3. The first kappa shape index (κ1) is 19.8. The summed E-state index contributed by atoms with van der Waals surface area (Å²) in [5.74, 6) is 0. The Hall–Kier alpha value is -2.20. The fourth-order valence-electron chi connectivity index (χ4n) is 2.37. The van der Waals surface area contributed by atoms with Crippen LogP contribution in [-0.2, 0) is 0 Å². The van der Waals surface area contributed by atoms with Gasteiger partial charge in [-0.2, -0.15) is 26.7 Å². The standard InChI is InChI=1S/C19H16.CHF3.H2S/c1-15-7-5-6-10-19(15)18-13-11-17(12-14-18)16-8-3-2-4-9-16;2-1(3)4;/h2-14H,1H3;1H;1H2. The molecule has 0 aliphatic heterocycles. The maximum Gasteiger partial charge on any atom is 0.379 e. The zero-order chi connectivity index (χ0) is 16.7. The molecular weight excluding hydrogens is 329 g/mol. The average molecular weight is 348 g/mol. The molecule has 3 rings (SSSR count). The zero-order valence-corrected chi connectivity index (χ0v) is 14.2.